The number of urea groups is 1. The molecule has 2 amide bonds. The summed E-state index contributed by atoms with van der Waals surface area (Å²) in [6.07, 6.45) is 2.18. The Morgan fingerprint density at radius 1 is 1.04 bits per heavy atom. The van der Waals surface area contributed by atoms with Crippen LogP contribution in [0, 0.1) is 0 Å². The standard InChI is InChI=1S/C20H26N2O3/c1-4-5-16-6-10-19(11-7-16)25-14-21-20(23)22-15(2)17-8-12-18(24-3)13-9-17/h6-13,15H,4-5,14H2,1-3H3,(H2,21,22,23). The van der Waals surface area contributed by atoms with Crippen LogP contribution in [-0.4, -0.2) is 19.9 Å². The number of carbonyl (C=O) groups is 1. The van der Waals surface area contributed by atoms with Gasteiger partial charge in [-0.05, 0) is 48.7 Å². The van der Waals surface area contributed by atoms with E-state index >= 15 is 0 Å². The third kappa shape index (κ3) is 6.03. The van der Waals surface area contributed by atoms with E-state index in [4.69, 9.17) is 9.47 Å². The average molecular weight is 342 g/mol. The molecule has 0 aromatic heterocycles. The zero-order valence-corrected chi connectivity index (χ0v) is 15.0. The maximum absolute atomic E-state index is 12.0. The van der Waals surface area contributed by atoms with Gasteiger partial charge >= 0.3 is 6.03 Å². The summed E-state index contributed by atoms with van der Waals surface area (Å²) in [5.74, 6) is 1.53. The van der Waals surface area contributed by atoms with Crippen LogP contribution in [0.5, 0.6) is 11.5 Å². The Hall–Kier alpha value is -2.69. The number of benzene rings is 2. The van der Waals surface area contributed by atoms with Gasteiger partial charge in [0.05, 0.1) is 13.2 Å². The van der Waals surface area contributed by atoms with Crippen LogP contribution in [-0.2, 0) is 6.42 Å². The van der Waals surface area contributed by atoms with Crippen molar-refractivity contribution in [3.63, 3.8) is 0 Å². The van der Waals surface area contributed by atoms with Gasteiger partial charge in [0.1, 0.15) is 11.5 Å². The molecule has 0 aliphatic heterocycles. The van der Waals surface area contributed by atoms with Crippen LogP contribution in [0.4, 0.5) is 4.79 Å². The quantitative estimate of drug-likeness (QED) is 0.712. The number of methoxy groups -OCH3 is 1. The molecule has 0 saturated carbocycles. The first-order valence-electron chi connectivity index (χ1n) is 8.52. The number of amides is 2. The smallest absolute Gasteiger partial charge is 0.317 e. The molecule has 0 heterocycles. The molecule has 0 saturated heterocycles. The molecule has 0 bridgehead atoms. The number of ether oxygens (including phenoxy) is 2. The van der Waals surface area contributed by atoms with Crippen molar-refractivity contribution < 1.29 is 14.3 Å². The van der Waals surface area contributed by atoms with Crippen molar-refractivity contribution in [2.45, 2.75) is 32.7 Å². The molecule has 5 nitrogen and oxygen atoms in total. The van der Waals surface area contributed by atoms with Crippen molar-refractivity contribution in [3.05, 3.63) is 59.7 Å². The number of aryl methyl sites for hydroxylation is 1. The van der Waals surface area contributed by atoms with E-state index in [1.54, 1.807) is 7.11 Å². The largest absolute Gasteiger partial charge is 0.497 e. The minimum absolute atomic E-state index is 0.112. The molecule has 2 aromatic carbocycles. The molecule has 1 unspecified atom stereocenters. The molecule has 1 atom stereocenters. The lowest BCUT2D eigenvalue weighted by Crippen LogP contribution is -2.38. The number of hydrogen-bond acceptors (Lipinski definition) is 3. The van der Waals surface area contributed by atoms with E-state index in [1.807, 2.05) is 55.5 Å². The lowest BCUT2D eigenvalue weighted by molar-refractivity contribution is 0.221. The highest BCUT2D eigenvalue weighted by molar-refractivity contribution is 5.74. The van der Waals surface area contributed by atoms with E-state index in [-0.39, 0.29) is 18.8 Å². The van der Waals surface area contributed by atoms with Gasteiger partial charge in [-0.1, -0.05) is 37.6 Å². The molecule has 0 spiro atoms. The third-order valence-corrected chi connectivity index (χ3v) is 3.90. The van der Waals surface area contributed by atoms with E-state index in [0.717, 1.165) is 29.9 Å². The molecule has 2 N–H and O–H groups in total. The van der Waals surface area contributed by atoms with Gasteiger partial charge in [-0.2, -0.15) is 0 Å². The monoisotopic (exact) mass is 342 g/mol. The van der Waals surface area contributed by atoms with Crippen LogP contribution in [0.25, 0.3) is 0 Å². The van der Waals surface area contributed by atoms with Crippen LogP contribution in [0.2, 0.25) is 0 Å². The van der Waals surface area contributed by atoms with Crippen LogP contribution < -0.4 is 20.1 Å². The van der Waals surface area contributed by atoms with Crippen molar-refractivity contribution in [2.75, 3.05) is 13.8 Å². The fourth-order valence-corrected chi connectivity index (χ4v) is 2.45. The lowest BCUT2D eigenvalue weighted by Gasteiger charge is -2.16. The van der Waals surface area contributed by atoms with Gasteiger partial charge in [0.25, 0.3) is 0 Å². The molecule has 2 aromatic rings. The van der Waals surface area contributed by atoms with Crippen molar-refractivity contribution in [1.29, 1.82) is 0 Å². The maximum Gasteiger partial charge on any atom is 0.317 e. The molecule has 5 heteroatoms. The summed E-state index contributed by atoms with van der Waals surface area (Å²) < 4.78 is 10.7. The van der Waals surface area contributed by atoms with Gasteiger partial charge in [0.2, 0.25) is 0 Å². The summed E-state index contributed by atoms with van der Waals surface area (Å²) in [5.41, 5.74) is 2.29. The summed E-state index contributed by atoms with van der Waals surface area (Å²) in [6.45, 7) is 4.20. The summed E-state index contributed by atoms with van der Waals surface area (Å²) in [5, 5.41) is 5.57. The Morgan fingerprint density at radius 3 is 2.28 bits per heavy atom. The Labute approximate surface area is 149 Å². The van der Waals surface area contributed by atoms with Crippen LogP contribution in [0.15, 0.2) is 48.5 Å². The molecule has 25 heavy (non-hydrogen) atoms. The first-order chi connectivity index (χ1) is 12.1. The van der Waals surface area contributed by atoms with E-state index in [1.165, 1.54) is 5.56 Å². The van der Waals surface area contributed by atoms with Gasteiger partial charge in [0, 0.05) is 0 Å². The molecule has 0 radical (unpaired) electrons. The van der Waals surface area contributed by atoms with E-state index in [0.29, 0.717) is 0 Å². The SMILES string of the molecule is CCCc1ccc(OCNC(=O)NC(C)c2ccc(OC)cc2)cc1. The number of carbonyl (C=O) groups excluding carboxylic acids is 1. The minimum Gasteiger partial charge on any atom is -0.497 e. The Kier molecular flexibility index (Phi) is 7.14. The zero-order valence-electron chi connectivity index (χ0n) is 15.0. The zero-order chi connectivity index (χ0) is 18.1. The average Bonchev–Trinajstić information content (AvgIpc) is 2.63. The van der Waals surface area contributed by atoms with Gasteiger partial charge in [0.15, 0.2) is 6.73 Å². The second-order valence-corrected chi connectivity index (χ2v) is 5.83. The van der Waals surface area contributed by atoms with Crippen molar-refractivity contribution >= 4 is 6.03 Å². The molecule has 0 aliphatic rings. The summed E-state index contributed by atoms with van der Waals surface area (Å²) >= 11 is 0. The second kappa shape index (κ2) is 9.57. The minimum atomic E-state index is -0.272. The first-order valence-corrected chi connectivity index (χ1v) is 8.52. The van der Waals surface area contributed by atoms with Crippen LogP contribution in [0.1, 0.15) is 37.4 Å². The normalized spacial score (nSPS) is 11.5. The molecular weight excluding hydrogens is 316 g/mol. The first kappa shape index (κ1) is 18.6. The van der Waals surface area contributed by atoms with Crippen LogP contribution in [0.3, 0.4) is 0 Å². The predicted octanol–water partition coefficient (Wildman–Crippen LogP) is 4.04. The highest BCUT2D eigenvalue weighted by Gasteiger charge is 2.09. The predicted molar refractivity (Wildman–Crippen MR) is 99.0 cm³/mol. The van der Waals surface area contributed by atoms with Crippen molar-refractivity contribution in [2.24, 2.45) is 0 Å². The molecular formula is C20H26N2O3. The van der Waals surface area contributed by atoms with Gasteiger partial charge < -0.3 is 20.1 Å². The van der Waals surface area contributed by atoms with E-state index < -0.39 is 0 Å². The van der Waals surface area contributed by atoms with E-state index in [2.05, 4.69) is 17.6 Å². The maximum atomic E-state index is 12.0. The highest BCUT2D eigenvalue weighted by Crippen LogP contribution is 2.17. The molecule has 0 aliphatic carbocycles. The van der Waals surface area contributed by atoms with Gasteiger partial charge in [-0.15, -0.1) is 0 Å². The summed E-state index contributed by atoms with van der Waals surface area (Å²) in [6, 6.07) is 15.2. The highest BCUT2D eigenvalue weighted by atomic mass is 16.5. The fraction of sp³-hybridized carbons (Fsp3) is 0.350. The van der Waals surface area contributed by atoms with Gasteiger partial charge in [-0.3, -0.25) is 0 Å². The number of nitrogens with one attached hydrogen (secondary N) is 2. The second-order valence-electron chi connectivity index (χ2n) is 5.83. The van der Waals surface area contributed by atoms with Crippen molar-refractivity contribution in [1.82, 2.24) is 10.6 Å². The molecule has 134 valence electrons. The lowest BCUT2D eigenvalue weighted by atomic mass is 10.1. The fourth-order valence-electron chi connectivity index (χ4n) is 2.45. The van der Waals surface area contributed by atoms with Crippen LogP contribution >= 0.6 is 0 Å². The third-order valence-electron chi connectivity index (χ3n) is 3.90. The number of hydrogen-bond donors (Lipinski definition) is 2. The van der Waals surface area contributed by atoms with Gasteiger partial charge in [-0.25, -0.2) is 4.79 Å². The molecule has 2 rings (SSSR count). The topological polar surface area (TPSA) is 59.6 Å². The number of rotatable bonds is 8. The summed E-state index contributed by atoms with van der Waals surface area (Å²) in [7, 11) is 1.63. The van der Waals surface area contributed by atoms with E-state index in [9.17, 15) is 4.79 Å². The molecule has 0 fully saturated rings. The Bertz CT molecular complexity index is 654. The Balaban J connectivity index is 1.74. The Morgan fingerprint density at radius 2 is 1.68 bits per heavy atom. The van der Waals surface area contributed by atoms with Crippen molar-refractivity contribution in [3.8, 4) is 11.5 Å². The summed E-state index contributed by atoms with van der Waals surface area (Å²) in [4.78, 5) is 12.0.